The number of halogens is 1. The average molecular weight is 229 g/mol. The van der Waals surface area contributed by atoms with Gasteiger partial charge in [0.15, 0.2) is 11.3 Å². The first-order valence-electron chi connectivity index (χ1n) is 4.12. The molecule has 16 heavy (non-hydrogen) atoms. The van der Waals surface area contributed by atoms with Gasteiger partial charge in [-0.3, -0.25) is 10.1 Å². The molecule has 0 aliphatic carbocycles. The lowest BCUT2D eigenvalue weighted by Gasteiger charge is -2.06. The van der Waals surface area contributed by atoms with Crippen LogP contribution in [-0.4, -0.2) is 25.1 Å². The number of rotatable bonds is 3. The van der Waals surface area contributed by atoms with Gasteiger partial charge in [0.2, 0.25) is 0 Å². The zero-order valence-corrected chi connectivity index (χ0v) is 8.52. The van der Waals surface area contributed by atoms with Gasteiger partial charge in [-0.05, 0) is 12.1 Å². The summed E-state index contributed by atoms with van der Waals surface area (Å²) < 4.78 is 22.3. The number of nitrogens with zero attached hydrogens (tertiary/aromatic N) is 1. The number of benzene rings is 1. The molecule has 0 saturated carbocycles. The predicted octanol–water partition coefficient (Wildman–Crippen LogP) is 1.53. The van der Waals surface area contributed by atoms with Crippen LogP contribution in [0.1, 0.15) is 10.4 Å². The van der Waals surface area contributed by atoms with E-state index in [2.05, 4.69) is 9.47 Å². The molecule has 0 N–H and O–H groups in total. The SMILES string of the molecule is COC(=O)c1c(F)ccc(OC)c1[N+](=O)[O-]. The molecule has 0 unspecified atom stereocenters. The lowest BCUT2D eigenvalue weighted by atomic mass is 10.1. The Morgan fingerprint density at radius 2 is 2.06 bits per heavy atom. The summed E-state index contributed by atoms with van der Waals surface area (Å²) in [6.07, 6.45) is 0. The minimum atomic E-state index is -1.12. The van der Waals surface area contributed by atoms with Crippen LogP contribution in [0.2, 0.25) is 0 Å². The summed E-state index contributed by atoms with van der Waals surface area (Å²) in [7, 11) is 2.19. The molecule has 0 saturated heterocycles. The van der Waals surface area contributed by atoms with Gasteiger partial charge < -0.3 is 9.47 Å². The van der Waals surface area contributed by atoms with E-state index in [4.69, 9.17) is 0 Å². The molecule has 0 radical (unpaired) electrons. The van der Waals surface area contributed by atoms with E-state index in [9.17, 15) is 19.3 Å². The molecular formula is C9H8FNO5. The molecule has 0 atom stereocenters. The number of carbonyl (C=O) groups excluding carboxylic acids is 1. The summed E-state index contributed by atoms with van der Waals surface area (Å²) in [5, 5.41) is 10.7. The summed E-state index contributed by atoms with van der Waals surface area (Å²) in [5.74, 6) is -2.35. The number of hydrogen-bond donors (Lipinski definition) is 0. The van der Waals surface area contributed by atoms with E-state index in [1.807, 2.05) is 0 Å². The number of methoxy groups -OCH3 is 2. The van der Waals surface area contributed by atoms with Gasteiger partial charge >= 0.3 is 11.7 Å². The van der Waals surface area contributed by atoms with Gasteiger partial charge in [0, 0.05) is 0 Å². The van der Waals surface area contributed by atoms with Crippen LogP contribution in [0.15, 0.2) is 12.1 Å². The van der Waals surface area contributed by atoms with Crippen molar-refractivity contribution in [3.05, 3.63) is 33.6 Å². The highest BCUT2D eigenvalue weighted by molar-refractivity contribution is 5.95. The Morgan fingerprint density at radius 3 is 2.50 bits per heavy atom. The summed E-state index contributed by atoms with van der Waals surface area (Å²) in [6.45, 7) is 0. The highest BCUT2D eigenvalue weighted by Gasteiger charge is 2.30. The van der Waals surface area contributed by atoms with Crippen molar-refractivity contribution in [1.82, 2.24) is 0 Å². The molecule has 0 aliphatic heterocycles. The zero-order valence-electron chi connectivity index (χ0n) is 8.52. The monoisotopic (exact) mass is 229 g/mol. The van der Waals surface area contributed by atoms with Crippen LogP contribution in [-0.2, 0) is 4.74 Å². The highest BCUT2D eigenvalue weighted by atomic mass is 19.1. The summed E-state index contributed by atoms with van der Waals surface area (Å²) in [5.41, 5.74) is -1.48. The Bertz CT molecular complexity index is 446. The van der Waals surface area contributed by atoms with Crippen molar-refractivity contribution < 1.29 is 23.6 Å². The van der Waals surface area contributed by atoms with Crippen molar-refractivity contribution in [2.75, 3.05) is 14.2 Å². The fourth-order valence-electron chi connectivity index (χ4n) is 1.19. The van der Waals surface area contributed by atoms with E-state index in [1.54, 1.807) is 0 Å². The molecule has 1 aromatic carbocycles. The van der Waals surface area contributed by atoms with E-state index in [-0.39, 0.29) is 5.75 Å². The van der Waals surface area contributed by atoms with Crippen LogP contribution in [0.5, 0.6) is 5.75 Å². The minimum absolute atomic E-state index is 0.202. The molecular weight excluding hydrogens is 221 g/mol. The molecule has 0 fully saturated rings. The molecule has 7 heteroatoms. The van der Waals surface area contributed by atoms with Gasteiger partial charge in [-0.25, -0.2) is 9.18 Å². The predicted molar refractivity (Wildman–Crippen MR) is 50.9 cm³/mol. The molecule has 0 heterocycles. The van der Waals surface area contributed by atoms with Crippen LogP contribution < -0.4 is 4.74 Å². The van der Waals surface area contributed by atoms with Gasteiger partial charge in [0.25, 0.3) is 0 Å². The fourth-order valence-corrected chi connectivity index (χ4v) is 1.19. The Balaban J connectivity index is 3.54. The molecule has 0 amide bonds. The van der Waals surface area contributed by atoms with Crippen LogP contribution >= 0.6 is 0 Å². The van der Waals surface area contributed by atoms with Gasteiger partial charge in [0.05, 0.1) is 19.1 Å². The maximum absolute atomic E-state index is 13.3. The van der Waals surface area contributed by atoms with Crippen LogP contribution in [0.4, 0.5) is 10.1 Å². The van der Waals surface area contributed by atoms with E-state index in [0.717, 1.165) is 19.2 Å². The third-order valence-electron chi connectivity index (χ3n) is 1.88. The van der Waals surface area contributed by atoms with E-state index in [0.29, 0.717) is 0 Å². The summed E-state index contributed by atoms with van der Waals surface area (Å²) in [4.78, 5) is 21.0. The van der Waals surface area contributed by atoms with Crippen molar-refractivity contribution in [3.63, 3.8) is 0 Å². The Morgan fingerprint density at radius 1 is 1.44 bits per heavy atom. The fraction of sp³-hybridized carbons (Fsp3) is 0.222. The Kier molecular flexibility index (Phi) is 3.39. The first-order valence-corrected chi connectivity index (χ1v) is 4.12. The lowest BCUT2D eigenvalue weighted by molar-refractivity contribution is -0.386. The topological polar surface area (TPSA) is 78.7 Å². The maximum atomic E-state index is 13.3. The number of esters is 1. The minimum Gasteiger partial charge on any atom is -0.490 e. The van der Waals surface area contributed by atoms with E-state index in [1.165, 1.54) is 7.11 Å². The van der Waals surface area contributed by atoms with Gasteiger partial charge in [0.1, 0.15) is 5.82 Å². The molecule has 1 aromatic rings. The van der Waals surface area contributed by atoms with Gasteiger partial charge in [-0.2, -0.15) is 0 Å². The second-order valence-corrected chi connectivity index (χ2v) is 2.72. The lowest BCUT2D eigenvalue weighted by Crippen LogP contribution is -2.09. The third kappa shape index (κ3) is 1.92. The summed E-state index contributed by atoms with van der Waals surface area (Å²) >= 11 is 0. The van der Waals surface area contributed by atoms with Crippen molar-refractivity contribution in [2.45, 2.75) is 0 Å². The largest absolute Gasteiger partial charge is 0.490 e. The normalized spacial score (nSPS) is 9.69. The average Bonchev–Trinajstić information content (AvgIpc) is 2.27. The molecule has 0 spiro atoms. The number of ether oxygens (including phenoxy) is 2. The quantitative estimate of drug-likeness (QED) is 0.446. The number of hydrogen-bond acceptors (Lipinski definition) is 5. The second-order valence-electron chi connectivity index (χ2n) is 2.72. The molecule has 0 aromatic heterocycles. The van der Waals surface area contributed by atoms with Crippen molar-refractivity contribution >= 4 is 11.7 Å². The van der Waals surface area contributed by atoms with E-state index >= 15 is 0 Å². The van der Waals surface area contributed by atoms with Crippen LogP contribution in [0, 0.1) is 15.9 Å². The maximum Gasteiger partial charge on any atom is 0.348 e. The molecule has 6 nitrogen and oxygen atoms in total. The Labute approximate surface area is 89.7 Å². The number of nitro groups is 1. The first kappa shape index (κ1) is 11.9. The first-order chi connectivity index (χ1) is 7.52. The van der Waals surface area contributed by atoms with Gasteiger partial charge in [-0.15, -0.1) is 0 Å². The second kappa shape index (κ2) is 4.56. The molecule has 1 rings (SSSR count). The van der Waals surface area contributed by atoms with Crippen molar-refractivity contribution in [2.24, 2.45) is 0 Å². The standard InChI is InChI=1S/C9H8FNO5/c1-15-6-4-3-5(10)7(9(12)16-2)8(6)11(13)14/h3-4H,1-2H3. The van der Waals surface area contributed by atoms with Crippen LogP contribution in [0.25, 0.3) is 0 Å². The number of carbonyl (C=O) groups is 1. The molecule has 0 aliphatic rings. The summed E-state index contributed by atoms with van der Waals surface area (Å²) in [6, 6.07) is 1.97. The number of nitro benzene ring substituents is 1. The zero-order chi connectivity index (χ0) is 12.3. The molecule has 86 valence electrons. The van der Waals surface area contributed by atoms with Crippen molar-refractivity contribution in [3.8, 4) is 5.75 Å². The highest BCUT2D eigenvalue weighted by Crippen LogP contribution is 2.32. The smallest absolute Gasteiger partial charge is 0.348 e. The molecule has 0 bridgehead atoms. The van der Waals surface area contributed by atoms with Gasteiger partial charge in [-0.1, -0.05) is 0 Å². The third-order valence-corrected chi connectivity index (χ3v) is 1.88. The van der Waals surface area contributed by atoms with Crippen LogP contribution in [0.3, 0.4) is 0 Å². The Hall–Kier alpha value is -2.18. The van der Waals surface area contributed by atoms with E-state index < -0.39 is 28.0 Å². The van der Waals surface area contributed by atoms with Crippen molar-refractivity contribution in [1.29, 1.82) is 0 Å².